The summed E-state index contributed by atoms with van der Waals surface area (Å²) >= 11 is 0. The van der Waals surface area contributed by atoms with Gasteiger partial charge in [0.1, 0.15) is 18.3 Å². The molecule has 1 aromatic rings. The first-order chi connectivity index (χ1) is 17.9. The second-order valence-electron chi connectivity index (χ2n) is 9.12. The predicted molar refractivity (Wildman–Crippen MR) is 137 cm³/mol. The second-order valence-corrected chi connectivity index (χ2v) is 9.12. The van der Waals surface area contributed by atoms with Crippen LogP contribution in [-0.2, 0) is 39.8 Å². The zero-order valence-corrected chi connectivity index (χ0v) is 22.7. The Labute approximate surface area is 222 Å². The molecule has 1 aliphatic carbocycles. The van der Waals surface area contributed by atoms with Crippen molar-refractivity contribution in [1.82, 2.24) is 0 Å². The first kappa shape index (κ1) is 30.6. The summed E-state index contributed by atoms with van der Waals surface area (Å²) in [6, 6.07) is 5.58. The molecule has 1 aromatic carbocycles. The highest BCUT2D eigenvalue weighted by atomic mass is 16.6. The van der Waals surface area contributed by atoms with Crippen LogP contribution in [0.25, 0.3) is 0 Å². The Morgan fingerprint density at radius 2 is 1.55 bits per heavy atom. The molecule has 1 aliphatic rings. The molecule has 1 N–H and O–H groups in total. The van der Waals surface area contributed by atoms with Crippen LogP contribution in [-0.4, -0.2) is 67.4 Å². The number of aryl methyl sites for hydroxylation is 1. The molecule has 0 aliphatic heterocycles. The Kier molecular flexibility index (Phi) is 11.1. The summed E-state index contributed by atoms with van der Waals surface area (Å²) in [4.78, 5) is 47.6. The van der Waals surface area contributed by atoms with Crippen LogP contribution >= 0.6 is 0 Å². The molecule has 10 heteroatoms. The van der Waals surface area contributed by atoms with Crippen molar-refractivity contribution in [1.29, 1.82) is 0 Å². The molecule has 38 heavy (non-hydrogen) atoms. The lowest BCUT2D eigenvalue weighted by Crippen LogP contribution is -2.39. The van der Waals surface area contributed by atoms with E-state index in [1.54, 1.807) is 21.1 Å². The minimum absolute atomic E-state index is 0.0282. The lowest BCUT2D eigenvalue weighted by molar-refractivity contribution is -0.172. The molecule has 0 amide bonds. The van der Waals surface area contributed by atoms with Gasteiger partial charge in [-0.1, -0.05) is 11.6 Å². The fourth-order valence-electron chi connectivity index (χ4n) is 4.48. The molecule has 0 aromatic heterocycles. The summed E-state index contributed by atoms with van der Waals surface area (Å²) in [5, 5.41) is 11.4. The number of benzene rings is 1. The number of rotatable bonds is 13. The fourth-order valence-corrected chi connectivity index (χ4v) is 4.48. The number of allylic oxidation sites excluding steroid dienone is 1. The van der Waals surface area contributed by atoms with Crippen LogP contribution in [0.4, 0.5) is 0 Å². The van der Waals surface area contributed by atoms with Gasteiger partial charge in [0.05, 0.1) is 14.2 Å². The van der Waals surface area contributed by atoms with E-state index in [1.807, 2.05) is 18.2 Å². The van der Waals surface area contributed by atoms with Crippen LogP contribution in [0.5, 0.6) is 11.5 Å². The lowest BCUT2D eigenvalue weighted by atomic mass is 9.85. The van der Waals surface area contributed by atoms with Crippen molar-refractivity contribution in [3.8, 4) is 11.5 Å². The average Bonchev–Trinajstić information content (AvgIpc) is 3.14. The van der Waals surface area contributed by atoms with E-state index in [9.17, 15) is 24.3 Å². The van der Waals surface area contributed by atoms with E-state index in [0.29, 0.717) is 29.9 Å². The minimum atomic E-state index is -1.52. The van der Waals surface area contributed by atoms with E-state index in [1.165, 1.54) is 32.9 Å². The number of esters is 3. The largest absolute Gasteiger partial charge is 0.493 e. The third-order valence-electron chi connectivity index (χ3n) is 6.10. The van der Waals surface area contributed by atoms with Gasteiger partial charge in [0.2, 0.25) is 0 Å². The SMILES string of the molecule is COc1ccc(CCCC2(O)C=CC(=O)/C2=C(/C)CC(OC(C)=O)C(COC(C)=O)OC(C)=O)cc1OC. The van der Waals surface area contributed by atoms with Gasteiger partial charge in [-0.25, -0.2) is 0 Å². The molecule has 0 radical (unpaired) electrons. The van der Waals surface area contributed by atoms with Gasteiger partial charge in [-0.15, -0.1) is 0 Å². The van der Waals surface area contributed by atoms with E-state index >= 15 is 0 Å². The number of carbonyl (C=O) groups excluding carboxylic acids is 4. The van der Waals surface area contributed by atoms with Crippen LogP contribution in [0.1, 0.15) is 52.5 Å². The molecular formula is C28H36O10. The van der Waals surface area contributed by atoms with Gasteiger partial charge < -0.3 is 28.8 Å². The fraction of sp³-hybridized carbons (Fsp3) is 0.500. The summed E-state index contributed by atoms with van der Waals surface area (Å²) in [6.45, 7) is 4.88. The zero-order chi connectivity index (χ0) is 28.5. The van der Waals surface area contributed by atoms with Crippen molar-refractivity contribution >= 4 is 23.7 Å². The van der Waals surface area contributed by atoms with Crippen molar-refractivity contribution in [3.63, 3.8) is 0 Å². The molecule has 3 atom stereocenters. The Balaban J connectivity index is 2.24. The highest BCUT2D eigenvalue weighted by Crippen LogP contribution is 2.36. The lowest BCUT2D eigenvalue weighted by Gasteiger charge is -2.29. The predicted octanol–water partition coefficient (Wildman–Crippen LogP) is 3.03. The van der Waals surface area contributed by atoms with Crippen molar-refractivity contribution in [2.45, 2.75) is 71.2 Å². The number of aliphatic hydroxyl groups is 1. The van der Waals surface area contributed by atoms with E-state index in [2.05, 4.69) is 0 Å². The first-order valence-corrected chi connectivity index (χ1v) is 12.2. The molecule has 0 saturated heterocycles. The Hall–Kier alpha value is -3.66. The summed E-state index contributed by atoms with van der Waals surface area (Å²) in [7, 11) is 3.12. The standard InChI is InChI=1S/C28H36O10/c1-17(14-25(37-19(3)30)26(38-20(4)31)16-36-18(2)29)27-22(32)11-13-28(27,33)12-7-8-21-9-10-23(34-5)24(15-21)35-6/h9-11,13,15,25-26,33H,7-8,12,14,16H2,1-6H3/b27-17+. The highest BCUT2D eigenvalue weighted by Gasteiger charge is 2.39. The first-order valence-electron chi connectivity index (χ1n) is 12.2. The second kappa shape index (κ2) is 13.8. The Bertz CT molecular complexity index is 1100. The maximum absolute atomic E-state index is 12.8. The van der Waals surface area contributed by atoms with E-state index < -0.39 is 35.7 Å². The molecule has 3 unspecified atom stereocenters. The molecule has 10 nitrogen and oxygen atoms in total. The van der Waals surface area contributed by atoms with Gasteiger partial charge in [-0.3, -0.25) is 19.2 Å². The number of hydrogen-bond donors (Lipinski definition) is 1. The van der Waals surface area contributed by atoms with Crippen LogP contribution in [0, 0.1) is 0 Å². The number of hydrogen-bond acceptors (Lipinski definition) is 10. The van der Waals surface area contributed by atoms with E-state index in [4.69, 9.17) is 23.7 Å². The van der Waals surface area contributed by atoms with Crippen molar-refractivity contribution < 1.29 is 48.0 Å². The zero-order valence-electron chi connectivity index (χ0n) is 22.7. The van der Waals surface area contributed by atoms with Crippen molar-refractivity contribution in [2.75, 3.05) is 20.8 Å². The summed E-state index contributed by atoms with van der Waals surface area (Å²) in [5.74, 6) is -1.05. The molecular weight excluding hydrogens is 496 g/mol. The van der Waals surface area contributed by atoms with Gasteiger partial charge in [-0.05, 0) is 56.0 Å². The van der Waals surface area contributed by atoms with Gasteiger partial charge in [0, 0.05) is 32.8 Å². The van der Waals surface area contributed by atoms with E-state index in [-0.39, 0.29) is 30.8 Å². The van der Waals surface area contributed by atoms with Crippen molar-refractivity contribution in [2.24, 2.45) is 0 Å². The van der Waals surface area contributed by atoms with Crippen molar-refractivity contribution in [3.05, 3.63) is 47.1 Å². The average molecular weight is 533 g/mol. The third-order valence-corrected chi connectivity index (χ3v) is 6.10. The molecule has 0 heterocycles. The molecule has 2 rings (SSSR count). The van der Waals surface area contributed by atoms with Crippen LogP contribution < -0.4 is 9.47 Å². The van der Waals surface area contributed by atoms with Crippen LogP contribution in [0.2, 0.25) is 0 Å². The maximum atomic E-state index is 12.8. The minimum Gasteiger partial charge on any atom is -0.493 e. The molecule has 0 saturated carbocycles. The quantitative estimate of drug-likeness (QED) is 0.229. The number of ether oxygens (including phenoxy) is 5. The van der Waals surface area contributed by atoms with Crippen LogP contribution in [0.15, 0.2) is 41.5 Å². The topological polar surface area (TPSA) is 135 Å². The number of carbonyl (C=O) groups is 4. The normalized spacial score (nSPS) is 19.4. The molecule has 208 valence electrons. The molecule has 0 bridgehead atoms. The Morgan fingerprint density at radius 3 is 2.13 bits per heavy atom. The Morgan fingerprint density at radius 1 is 0.921 bits per heavy atom. The monoisotopic (exact) mass is 532 g/mol. The summed E-state index contributed by atoms with van der Waals surface area (Å²) in [6.07, 6.45) is 2.03. The molecule has 0 fully saturated rings. The number of methoxy groups -OCH3 is 2. The smallest absolute Gasteiger partial charge is 0.303 e. The van der Waals surface area contributed by atoms with Gasteiger partial charge in [0.25, 0.3) is 0 Å². The van der Waals surface area contributed by atoms with Gasteiger partial charge in [0.15, 0.2) is 23.4 Å². The van der Waals surface area contributed by atoms with Crippen LogP contribution in [0.3, 0.4) is 0 Å². The number of ketones is 1. The maximum Gasteiger partial charge on any atom is 0.303 e. The summed E-state index contributed by atoms with van der Waals surface area (Å²) < 4.78 is 26.2. The van der Waals surface area contributed by atoms with Gasteiger partial charge in [-0.2, -0.15) is 0 Å². The molecule has 0 spiro atoms. The highest BCUT2D eigenvalue weighted by molar-refractivity contribution is 6.09. The van der Waals surface area contributed by atoms with Gasteiger partial charge >= 0.3 is 17.9 Å². The van der Waals surface area contributed by atoms with E-state index in [0.717, 1.165) is 5.56 Å². The summed E-state index contributed by atoms with van der Waals surface area (Å²) in [5.41, 5.74) is 0.0907. The third kappa shape index (κ3) is 8.44.